The molecule has 28 heavy (non-hydrogen) atoms. The van der Waals surface area contributed by atoms with Crippen LogP contribution in [-0.2, 0) is 0 Å². The summed E-state index contributed by atoms with van der Waals surface area (Å²) in [6.07, 6.45) is 0. The smallest absolute Gasteiger partial charge is 0.343 e. The SMILES string of the molecule is COc1cccc(C(=O)Oc2ccccc2NC(=O)c2ccc(Cl)cc2Cl)c1. The van der Waals surface area contributed by atoms with Gasteiger partial charge in [0, 0.05) is 5.02 Å². The van der Waals surface area contributed by atoms with E-state index in [1.54, 1.807) is 54.6 Å². The van der Waals surface area contributed by atoms with E-state index in [2.05, 4.69) is 5.32 Å². The maximum absolute atomic E-state index is 12.5. The fourth-order valence-electron chi connectivity index (χ4n) is 2.43. The van der Waals surface area contributed by atoms with Crippen LogP contribution in [0.5, 0.6) is 11.5 Å². The van der Waals surface area contributed by atoms with E-state index in [-0.39, 0.29) is 16.3 Å². The van der Waals surface area contributed by atoms with E-state index in [9.17, 15) is 9.59 Å². The Balaban J connectivity index is 1.81. The van der Waals surface area contributed by atoms with Gasteiger partial charge in [0.15, 0.2) is 5.75 Å². The molecule has 7 heteroatoms. The molecule has 0 aromatic heterocycles. The molecule has 0 aliphatic heterocycles. The van der Waals surface area contributed by atoms with E-state index < -0.39 is 11.9 Å². The lowest BCUT2D eigenvalue weighted by atomic mass is 10.2. The minimum Gasteiger partial charge on any atom is -0.497 e. The van der Waals surface area contributed by atoms with Gasteiger partial charge in [0.2, 0.25) is 0 Å². The van der Waals surface area contributed by atoms with E-state index in [1.165, 1.54) is 19.2 Å². The van der Waals surface area contributed by atoms with E-state index in [4.69, 9.17) is 32.7 Å². The van der Waals surface area contributed by atoms with Gasteiger partial charge < -0.3 is 14.8 Å². The fourth-order valence-corrected chi connectivity index (χ4v) is 2.93. The number of carbonyl (C=O) groups is 2. The number of para-hydroxylation sites is 2. The summed E-state index contributed by atoms with van der Waals surface area (Å²) in [6, 6.07) is 17.8. The van der Waals surface area contributed by atoms with Crippen LogP contribution >= 0.6 is 23.2 Å². The number of benzene rings is 3. The van der Waals surface area contributed by atoms with Crippen molar-refractivity contribution in [3.05, 3.63) is 87.9 Å². The molecule has 5 nitrogen and oxygen atoms in total. The Morgan fingerprint density at radius 2 is 1.71 bits per heavy atom. The largest absolute Gasteiger partial charge is 0.497 e. The molecule has 1 amide bonds. The van der Waals surface area contributed by atoms with Crippen LogP contribution < -0.4 is 14.8 Å². The Morgan fingerprint density at radius 3 is 2.46 bits per heavy atom. The fraction of sp³-hybridized carbons (Fsp3) is 0.0476. The van der Waals surface area contributed by atoms with Crippen LogP contribution in [0.4, 0.5) is 5.69 Å². The molecular weight excluding hydrogens is 401 g/mol. The summed E-state index contributed by atoms with van der Waals surface area (Å²) in [7, 11) is 1.51. The van der Waals surface area contributed by atoms with Crippen LogP contribution in [0.1, 0.15) is 20.7 Å². The van der Waals surface area contributed by atoms with E-state index in [1.807, 2.05) is 0 Å². The van der Waals surface area contributed by atoms with Crippen molar-refractivity contribution in [2.24, 2.45) is 0 Å². The van der Waals surface area contributed by atoms with Crippen molar-refractivity contribution in [3.8, 4) is 11.5 Å². The van der Waals surface area contributed by atoms with Crippen molar-refractivity contribution < 1.29 is 19.1 Å². The van der Waals surface area contributed by atoms with Crippen LogP contribution in [0, 0.1) is 0 Å². The number of amides is 1. The molecule has 0 fully saturated rings. The minimum atomic E-state index is -0.579. The van der Waals surface area contributed by atoms with E-state index >= 15 is 0 Å². The highest BCUT2D eigenvalue weighted by Gasteiger charge is 2.16. The molecule has 0 aliphatic rings. The topological polar surface area (TPSA) is 64.6 Å². The Morgan fingerprint density at radius 1 is 0.929 bits per heavy atom. The second-order valence-electron chi connectivity index (χ2n) is 5.70. The number of hydrogen-bond acceptors (Lipinski definition) is 4. The number of methoxy groups -OCH3 is 1. The molecule has 0 saturated heterocycles. The molecule has 0 spiro atoms. The third-order valence-corrected chi connectivity index (χ3v) is 4.37. The van der Waals surface area contributed by atoms with Crippen molar-refractivity contribution in [3.63, 3.8) is 0 Å². The van der Waals surface area contributed by atoms with Gasteiger partial charge in [-0.25, -0.2) is 4.79 Å². The van der Waals surface area contributed by atoms with Gasteiger partial charge in [-0.1, -0.05) is 41.4 Å². The van der Waals surface area contributed by atoms with Gasteiger partial charge in [-0.2, -0.15) is 0 Å². The van der Waals surface area contributed by atoms with Gasteiger partial charge >= 0.3 is 5.97 Å². The summed E-state index contributed by atoms with van der Waals surface area (Å²) in [4.78, 5) is 25.0. The zero-order valence-corrected chi connectivity index (χ0v) is 16.3. The minimum absolute atomic E-state index is 0.203. The second-order valence-corrected chi connectivity index (χ2v) is 6.54. The molecule has 3 aromatic rings. The van der Waals surface area contributed by atoms with Crippen LogP contribution in [0.2, 0.25) is 10.0 Å². The first-order chi connectivity index (χ1) is 13.5. The molecular formula is C21H15Cl2NO4. The number of rotatable bonds is 5. The molecule has 3 aromatic carbocycles. The van der Waals surface area contributed by atoms with Gasteiger partial charge in [0.05, 0.1) is 28.9 Å². The number of esters is 1. The van der Waals surface area contributed by atoms with Crippen molar-refractivity contribution in [1.29, 1.82) is 0 Å². The number of ether oxygens (including phenoxy) is 2. The Labute approximate surface area is 171 Å². The molecule has 0 aliphatic carbocycles. The lowest BCUT2D eigenvalue weighted by molar-refractivity contribution is 0.0734. The number of nitrogens with one attached hydrogen (secondary N) is 1. The first kappa shape index (κ1) is 19.7. The molecule has 0 atom stereocenters. The summed E-state index contributed by atoms with van der Waals surface area (Å²) in [5, 5.41) is 3.34. The average Bonchev–Trinajstić information content (AvgIpc) is 2.69. The van der Waals surface area contributed by atoms with Crippen LogP contribution in [0.15, 0.2) is 66.7 Å². The van der Waals surface area contributed by atoms with E-state index in [0.717, 1.165) is 0 Å². The van der Waals surface area contributed by atoms with Crippen LogP contribution in [0.3, 0.4) is 0 Å². The summed E-state index contributed by atoms with van der Waals surface area (Å²) in [5.41, 5.74) is 0.899. The van der Waals surface area contributed by atoms with E-state index in [0.29, 0.717) is 22.0 Å². The number of hydrogen-bond donors (Lipinski definition) is 1. The number of halogens is 2. The normalized spacial score (nSPS) is 10.2. The molecule has 1 N–H and O–H groups in total. The zero-order chi connectivity index (χ0) is 20.1. The van der Waals surface area contributed by atoms with Crippen LogP contribution in [0.25, 0.3) is 0 Å². The number of carbonyl (C=O) groups excluding carboxylic acids is 2. The molecule has 0 bridgehead atoms. The molecule has 0 saturated carbocycles. The lowest BCUT2D eigenvalue weighted by Crippen LogP contribution is -2.15. The average molecular weight is 416 g/mol. The highest BCUT2D eigenvalue weighted by molar-refractivity contribution is 6.37. The number of anilines is 1. The van der Waals surface area contributed by atoms with Gasteiger partial charge in [-0.05, 0) is 48.5 Å². The first-order valence-corrected chi connectivity index (χ1v) is 8.95. The Hall–Kier alpha value is -3.02. The molecule has 0 unspecified atom stereocenters. The van der Waals surface area contributed by atoms with Crippen molar-refractivity contribution >= 4 is 40.8 Å². The van der Waals surface area contributed by atoms with Crippen molar-refractivity contribution in [2.45, 2.75) is 0 Å². The monoisotopic (exact) mass is 415 g/mol. The third-order valence-electron chi connectivity index (χ3n) is 3.82. The molecule has 3 rings (SSSR count). The predicted molar refractivity (Wildman–Crippen MR) is 109 cm³/mol. The summed E-state index contributed by atoms with van der Waals surface area (Å²) in [5.74, 6) is -0.293. The third kappa shape index (κ3) is 4.63. The summed E-state index contributed by atoms with van der Waals surface area (Å²) >= 11 is 11.9. The van der Waals surface area contributed by atoms with Gasteiger partial charge in [0.1, 0.15) is 5.75 Å². The van der Waals surface area contributed by atoms with Gasteiger partial charge in [-0.15, -0.1) is 0 Å². The molecule has 0 heterocycles. The zero-order valence-electron chi connectivity index (χ0n) is 14.7. The maximum Gasteiger partial charge on any atom is 0.343 e. The maximum atomic E-state index is 12.5. The second kappa shape index (κ2) is 8.78. The first-order valence-electron chi connectivity index (χ1n) is 8.19. The van der Waals surface area contributed by atoms with Gasteiger partial charge in [0.25, 0.3) is 5.91 Å². The summed E-state index contributed by atoms with van der Waals surface area (Å²) < 4.78 is 10.6. The predicted octanol–water partition coefficient (Wildman–Crippen LogP) is 5.47. The Bertz CT molecular complexity index is 1040. The highest BCUT2D eigenvalue weighted by atomic mass is 35.5. The molecule has 142 valence electrons. The quantitative estimate of drug-likeness (QED) is 0.442. The Kier molecular flexibility index (Phi) is 6.19. The van der Waals surface area contributed by atoms with Crippen molar-refractivity contribution in [1.82, 2.24) is 0 Å². The highest BCUT2D eigenvalue weighted by Crippen LogP contribution is 2.27. The lowest BCUT2D eigenvalue weighted by Gasteiger charge is -2.12. The van der Waals surface area contributed by atoms with Gasteiger partial charge in [-0.3, -0.25) is 4.79 Å². The molecule has 0 radical (unpaired) electrons. The standard InChI is InChI=1S/C21H15Cl2NO4/c1-27-15-6-4-5-13(11-15)21(26)28-19-8-3-2-7-18(19)24-20(25)16-10-9-14(22)12-17(16)23/h2-12H,1H3,(H,24,25). The van der Waals surface area contributed by atoms with Crippen LogP contribution in [-0.4, -0.2) is 19.0 Å². The van der Waals surface area contributed by atoms with Crippen molar-refractivity contribution in [2.75, 3.05) is 12.4 Å². The summed E-state index contributed by atoms with van der Waals surface area (Å²) in [6.45, 7) is 0.